The first-order valence-electron chi connectivity index (χ1n) is 7.61. The summed E-state index contributed by atoms with van der Waals surface area (Å²) in [7, 11) is 1.64. The van der Waals surface area contributed by atoms with Gasteiger partial charge in [-0.15, -0.1) is 0 Å². The second kappa shape index (κ2) is 6.34. The summed E-state index contributed by atoms with van der Waals surface area (Å²) in [5.41, 5.74) is 6.63. The summed E-state index contributed by atoms with van der Waals surface area (Å²) in [4.78, 5) is 22.9. The van der Waals surface area contributed by atoms with Gasteiger partial charge in [0.1, 0.15) is 11.3 Å². The Labute approximate surface area is 135 Å². The molecule has 6 nitrogen and oxygen atoms in total. The van der Waals surface area contributed by atoms with E-state index < -0.39 is 5.54 Å². The van der Waals surface area contributed by atoms with Crippen LogP contribution in [0.2, 0.25) is 0 Å². The summed E-state index contributed by atoms with van der Waals surface area (Å²) >= 11 is 0. The van der Waals surface area contributed by atoms with Crippen molar-refractivity contribution in [3.8, 4) is 5.75 Å². The van der Waals surface area contributed by atoms with Crippen LogP contribution in [0.5, 0.6) is 5.75 Å². The first-order valence-corrected chi connectivity index (χ1v) is 7.61. The Morgan fingerprint density at radius 3 is 2.74 bits per heavy atom. The fourth-order valence-electron chi connectivity index (χ4n) is 3.25. The molecule has 0 spiro atoms. The highest BCUT2D eigenvalue weighted by Crippen LogP contribution is 2.38. The number of rotatable bonds is 5. The van der Waals surface area contributed by atoms with E-state index in [-0.39, 0.29) is 5.91 Å². The molecule has 1 atom stereocenters. The van der Waals surface area contributed by atoms with E-state index in [0.717, 1.165) is 24.3 Å². The summed E-state index contributed by atoms with van der Waals surface area (Å²) in [6, 6.07) is 7.83. The topological polar surface area (TPSA) is 81.3 Å². The van der Waals surface area contributed by atoms with Gasteiger partial charge in [-0.05, 0) is 37.1 Å². The number of hydrogen-bond acceptors (Lipinski definition) is 5. The van der Waals surface area contributed by atoms with Crippen LogP contribution in [-0.2, 0) is 16.9 Å². The molecular weight excluding hydrogens is 292 g/mol. The van der Waals surface area contributed by atoms with Crippen molar-refractivity contribution in [2.75, 3.05) is 13.7 Å². The number of primary amides is 1. The molecule has 0 radical (unpaired) electrons. The number of hydrogen-bond donors (Lipinski definition) is 1. The van der Waals surface area contributed by atoms with Crippen LogP contribution < -0.4 is 10.5 Å². The zero-order valence-electron chi connectivity index (χ0n) is 13.1. The molecule has 3 rings (SSSR count). The van der Waals surface area contributed by atoms with E-state index in [0.29, 0.717) is 18.7 Å². The fourth-order valence-corrected chi connectivity index (χ4v) is 3.25. The minimum Gasteiger partial charge on any atom is -0.497 e. The van der Waals surface area contributed by atoms with Crippen molar-refractivity contribution in [2.24, 2.45) is 5.73 Å². The standard InChI is InChI=1S/C17H20N4O2/c1-23-14-5-3-13(4-6-14)12-21-10-2-7-17(21,16(18)22)15-11-19-8-9-20-15/h3-6,8-9,11H,2,7,10,12H2,1H3,(H2,18,22)/t17-/m0/s1. The molecule has 0 bridgehead atoms. The van der Waals surface area contributed by atoms with E-state index in [2.05, 4.69) is 14.9 Å². The third-order valence-electron chi connectivity index (χ3n) is 4.43. The van der Waals surface area contributed by atoms with Crippen molar-refractivity contribution < 1.29 is 9.53 Å². The van der Waals surface area contributed by atoms with Crippen molar-refractivity contribution in [2.45, 2.75) is 24.9 Å². The lowest BCUT2D eigenvalue weighted by Crippen LogP contribution is -2.51. The number of nitrogens with zero attached hydrogens (tertiary/aromatic N) is 3. The largest absolute Gasteiger partial charge is 0.497 e. The van der Waals surface area contributed by atoms with Crippen LogP contribution in [0.25, 0.3) is 0 Å². The highest BCUT2D eigenvalue weighted by atomic mass is 16.5. The number of amides is 1. The number of likely N-dealkylation sites (tertiary alicyclic amines) is 1. The zero-order valence-corrected chi connectivity index (χ0v) is 13.1. The predicted octanol–water partition coefficient (Wildman–Crippen LogP) is 1.46. The van der Waals surface area contributed by atoms with Crippen LogP contribution in [0.15, 0.2) is 42.9 Å². The van der Waals surface area contributed by atoms with Crippen LogP contribution in [0.4, 0.5) is 0 Å². The lowest BCUT2D eigenvalue weighted by atomic mass is 9.91. The van der Waals surface area contributed by atoms with E-state index in [1.165, 1.54) is 0 Å². The van der Waals surface area contributed by atoms with Gasteiger partial charge in [0.15, 0.2) is 0 Å². The molecular formula is C17H20N4O2. The molecule has 120 valence electrons. The summed E-state index contributed by atoms with van der Waals surface area (Å²) in [5, 5.41) is 0. The number of ether oxygens (including phenoxy) is 1. The number of methoxy groups -OCH3 is 1. The van der Waals surface area contributed by atoms with Crippen LogP contribution in [0, 0.1) is 0 Å². The lowest BCUT2D eigenvalue weighted by Gasteiger charge is -2.35. The first-order chi connectivity index (χ1) is 11.2. The number of benzene rings is 1. The van der Waals surface area contributed by atoms with E-state index in [4.69, 9.17) is 10.5 Å². The maximum atomic E-state index is 12.3. The lowest BCUT2D eigenvalue weighted by molar-refractivity contribution is -0.129. The molecule has 6 heteroatoms. The van der Waals surface area contributed by atoms with E-state index in [1.807, 2.05) is 24.3 Å². The zero-order chi connectivity index (χ0) is 16.3. The van der Waals surface area contributed by atoms with Gasteiger partial charge >= 0.3 is 0 Å². The number of carbonyl (C=O) groups excluding carboxylic acids is 1. The Bertz CT molecular complexity index is 675. The van der Waals surface area contributed by atoms with E-state index in [1.54, 1.807) is 25.7 Å². The van der Waals surface area contributed by atoms with Crippen molar-refractivity contribution in [3.05, 3.63) is 54.1 Å². The molecule has 1 aromatic carbocycles. The molecule has 1 aliphatic heterocycles. The van der Waals surface area contributed by atoms with Gasteiger partial charge in [0.05, 0.1) is 19.0 Å². The summed E-state index contributed by atoms with van der Waals surface area (Å²) in [5.74, 6) is 0.439. The van der Waals surface area contributed by atoms with Crippen molar-refractivity contribution in [1.82, 2.24) is 14.9 Å². The third kappa shape index (κ3) is 2.77. The molecule has 1 amide bonds. The third-order valence-corrected chi connectivity index (χ3v) is 4.43. The van der Waals surface area contributed by atoms with Gasteiger partial charge in [-0.3, -0.25) is 19.7 Å². The fraction of sp³-hybridized carbons (Fsp3) is 0.353. The van der Waals surface area contributed by atoms with Crippen LogP contribution in [-0.4, -0.2) is 34.4 Å². The highest BCUT2D eigenvalue weighted by molar-refractivity contribution is 5.86. The second-order valence-corrected chi connectivity index (χ2v) is 5.69. The Morgan fingerprint density at radius 1 is 1.35 bits per heavy atom. The van der Waals surface area contributed by atoms with Crippen molar-refractivity contribution in [3.63, 3.8) is 0 Å². The number of nitrogens with two attached hydrogens (primary N) is 1. The van der Waals surface area contributed by atoms with Gasteiger partial charge in [-0.2, -0.15) is 0 Å². The Hall–Kier alpha value is -2.47. The smallest absolute Gasteiger partial charge is 0.244 e. The summed E-state index contributed by atoms with van der Waals surface area (Å²) in [6.45, 7) is 1.43. The Morgan fingerprint density at radius 2 is 2.13 bits per heavy atom. The molecule has 0 saturated carbocycles. The van der Waals surface area contributed by atoms with E-state index in [9.17, 15) is 4.79 Å². The molecule has 2 aromatic rings. The van der Waals surface area contributed by atoms with Gasteiger partial charge in [-0.1, -0.05) is 12.1 Å². The predicted molar refractivity (Wildman–Crippen MR) is 85.5 cm³/mol. The molecule has 2 heterocycles. The highest BCUT2D eigenvalue weighted by Gasteiger charge is 2.48. The molecule has 1 aromatic heterocycles. The quantitative estimate of drug-likeness (QED) is 0.904. The maximum absolute atomic E-state index is 12.3. The number of carbonyl (C=O) groups is 1. The molecule has 1 aliphatic rings. The van der Waals surface area contributed by atoms with Crippen LogP contribution >= 0.6 is 0 Å². The Balaban J connectivity index is 1.91. The molecule has 2 N–H and O–H groups in total. The summed E-state index contributed by atoms with van der Waals surface area (Å²) in [6.07, 6.45) is 6.40. The SMILES string of the molecule is COc1ccc(CN2CCC[C@@]2(C(N)=O)c2cnccn2)cc1. The molecule has 0 unspecified atom stereocenters. The van der Waals surface area contributed by atoms with Gasteiger partial charge in [0.25, 0.3) is 0 Å². The van der Waals surface area contributed by atoms with Gasteiger partial charge in [0.2, 0.25) is 5.91 Å². The first kappa shape index (κ1) is 15.4. The van der Waals surface area contributed by atoms with Crippen LogP contribution in [0.1, 0.15) is 24.1 Å². The Kier molecular flexibility index (Phi) is 4.25. The monoisotopic (exact) mass is 312 g/mol. The maximum Gasteiger partial charge on any atom is 0.244 e. The molecule has 1 fully saturated rings. The normalized spacial score (nSPS) is 21.3. The number of aromatic nitrogens is 2. The average Bonchev–Trinajstić information content (AvgIpc) is 3.01. The molecule has 1 saturated heterocycles. The minimum atomic E-state index is -0.881. The van der Waals surface area contributed by atoms with Gasteiger partial charge in [-0.25, -0.2) is 0 Å². The molecule has 0 aliphatic carbocycles. The van der Waals surface area contributed by atoms with E-state index >= 15 is 0 Å². The van der Waals surface area contributed by atoms with Crippen LogP contribution in [0.3, 0.4) is 0 Å². The van der Waals surface area contributed by atoms with Crippen molar-refractivity contribution >= 4 is 5.91 Å². The minimum absolute atomic E-state index is 0.371. The van der Waals surface area contributed by atoms with Gasteiger partial charge in [0, 0.05) is 18.9 Å². The average molecular weight is 312 g/mol. The summed E-state index contributed by atoms with van der Waals surface area (Å²) < 4.78 is 5.18. The van der Waals surface area contributed by atoms with Gasteiger partial charge < -0.3 is 10.5 Å². The second-order valence-electron chi connectivity index (χ2n) is 5.69. The van der Waals surface area contributed by atoms with Crippen molar-refractivity contribution in [1.29, 1.82) is 0 Å². The molecule has 23 heavy (non-hydrogen) atoms.